The first-order valence-corrected chi connectivity index (χ1v) is 14.2. The molecular weight excluding hydrogens is 530 g/mol. The Labute approximate surface area is 246 Å². The van der Waals surface area contributed by atoms with Crippen molar-refractivity contribution in [2.45, 2.75) is 13.3 Å². The maximum atomic E-state index is 13.3. The third kappa shape index (κ3) is 6.22. The number of esters is 1. The van der Waals surface area contributed by atoms with Gasteiger partial charge in [0.05, 0.1) is 30.5 Å². The van der Waals surface area contributed by atoms with Crippen molar-refractivity contribution in [3.63, 3.8) is 0 Å². The number of methoxy groups -OCH3 is 1. The number of likely N-dealkylation sites (N-methyl/N-ethyl adjacent to an activating group) is 2. The van der Waals surface area contributed by atoms with E-state index in [1.165, 1.54) is 12.7 Å². The highest BCUT2D eigenvalue weighted by atomic mass is 16.5. The largest absolute Gasteiger partial charge is 0.465 e. The molecule has 9 heteroatoms. The van der Waals surface area contributed by atoms with Crippen LogP contribution in [0.25, 0.3) is 11.3 Å². The van der Waals surface area contributed by atoms with Gasteiger partial charge in [0.25, 0.3) is 5.91 Å². The average molecular weight is 568 g/mol. The lowest BCUT2D eigenvalue weighted by molar-refractivity contribution is -0.119. The zero-order valence-corrected chi connectivity index (χ0v) is 24.6. The summed E-state index contributed by atoms with van der Waals surface area (Å²) in [7, 11) is 5.22. The number of amides is 2. The second-order valence-electron chi connectivity index (χ2n) is 10.7. The van der Waals surface area contributed by atoms with E-state index in [9.17, 15) is 14.4 Å². The van der Waals surface area contributed by atoms with Crippen LogP contribution in [0.5, 0.6) is 0 Å². The lowest BCUT2D eigenvalue weighted by Crippen LogP contribution is -2.48. The van der Waals surface area contributed by atoms with Crippen molar-refractivity contribution < 1.29 is 19.1 Å². The van der Waals surface area contributed by atoms with E-state index in [0.717, 1.165) is 49.5 Å². The van der Waals surface area contributed by atoms with Crippen molar-refractivity contribution in [1.29, 1.82) is 0 Å². The molecule has 0 aliphatic carbocycles. The van der Waals surface area contributed by atoms with Gasteiger partial charge in [-0.2, -0.15) is 0 Å². The summed E-state index contributed by atoms with van der Waals surface area (Å²) in [6.07, 6.45) is 0.897. The van der Waals surface area contributed by atoms with Gasteiger partial charge >= 0.3 is 5.97 Å². The quantitative estimate of drug-likeness (QED) is 0.312. The predicted octanol–water partition coefficient (Wildman–Crippen LogP) is 4.18. The Morgan fingerprint density at radius 1 is 0.952 bits per heavy atom. The Kier molecular flexibility index (Phi) is 8.70. The van der Waals surface area contributed by atoms with Crippen molar-refractivity contribution >= 4 is 46.1 Å². The fourth-order valence-corrected chi connectivity index (χ4v) is 5.21. The first kappa shape index (κ1) is 29.0. The van der Waals surface area contributed by atoms with Gasteiger partial charge in [-0.15, -0.1) is 0 Å². The third-order valence-electron chi connectivity index (χ3n) is 7.94. The molecule has 218 valence electrons. The van der Waals surface area contributed by atoms with Gasteiger partial charge in [0, 0.05) is 55.9 Å². The number of benzene rings is 3. The first-order chi connectivity index (χ1) is 20.3. The molecule has 0 spiro atoms. The van der Waals surface area contributed by atoms with Crippen molar-refractivity contribution in [1.82, 2.24) is 9.80 Å². The van der Waals surface area contributed by atoms with E-state index >= 15 is 0 Å². The Balaban J connectivity index is 1.44. The molecule has 0 saturated carbocycles. The molecule has 0 atom stereocenters. The molecule has 0 bridgehead atoms. The Morgan fingerprint density at radius 3 is 2.26 bits per heavy atom. The molecule has 2 N–H and O–H groups in total. The molecular formula is C33H37N5O4. The van der Waals surface area contributed by atoms with E-state index < -0.39 is 5.97 Å². The number of carbonyl (C=O) groups is 3. The number of rotatable bonds is 8. The number of nitrogens with one attached hydrogen (secondary N) is 2. The molecule has 42 heavy (non-hydrogen) atoms. The van der Waals surface area contributed by atoms with Crippen molar-refractivity contribution in [2.75, 3.05) is 69.5 Å². The lowest BCUT2D eigenvalue weighted by atomic mass is 9.97. The van der Waals surface area contributed by atoms with E-state index in [1.807, 2.05) is 48.5 Å². The number of nitrogens with zero attached hydrogens (tertiary/aromatic N) is 3. The normalized spacial score (nSPS) is 16.4. The first-order valence-electron chi connectivity index (χ1n) is 14.2. The van der Waals surface area contributed by atoms with E-state index in [1.54, 1.807) is 30.1 Å². The number of anilines is 3. The smallest absolute Gasteiger partial charge is 0.337 e. The summed E-state index contributed by atoms with van der Waals surface area (Å²) in [5, 5.41) is 6.38. The number of ether oxygens (including phenoxy) is 1. The van der Waals surface area contributed by atoms with Crippen LogP contribution < -0.4 is 15.5 Å². The number of hydrogen-bond acceptors (Lipinski definition) is 7. The highest BCUT2D eigenvalue weighted by Crippen LogP contribution is 2.38. The van der Waals surface area contributed by atoms with Gasteiger partial charge in [-0.1, -0.05) is 31.2 Å². The SMILES string of the molecule is CCc1ccc(/C(Nc2ccc(N(C)C(=O)CN3CCN(C)CC3)cc2)=C2/C(=O)Nc3ccc(C(=O)OC)cc32)cc1. The molecule has 3 aromatic carbocycles. The van der Waals surface area contributed by atoms with E-state index in [4.69, 9.17) is 4.74 Å². The van der Waals surface area contributed by atoms with Gasteiger partial charge in [-0.3, -0.25) is 14.5 Å². The van der Waals surface area contributed by atoms with E-state index in [-0.39, 0.29) is 11.8 Å². The highest BCUT2D eigenvalue weighted by Gasteiger charge is 2.30. The average Bonchev–Trinajstić information content (AvgIpc) is 3.35. The van der Waals surface area contributed by atoms with Crippen LogP contribution >= 0.6 is 0 Å². The zero-order valence-electron chi connectivity index (χ0n) is 24.6. The van der Waals surface area contributed by atoms with Gasteiger partial charge in [-0.25, -0.2) is 4.79 Å². The second kappa shape index (κ2) is 12.6. The van der Waals surface area contributed by atoms with Crippen LogP contribution in [-0.4, -0.2) is 81.5 Å². The van der Waals surface area contributed by atoms with Gasteiger partial charge in [0.15, 0.2) is 0 Å². The molecule has 2 amide bonds. The predicted molar refractivity (Wildman–Crippen MR) is 166 cm³/mol. The molecule has 0 aromatic heterocycles. The minimum atomic E-state index is -0.472. The van der Waals surface area contributed by atoms with Crippen LogP contribution in [0.4, 0.5) is 17.1 Å². The number of aryl methyl sites for hydroxylation is 1. The second-order valence-corrected chi connectivity index (χ2v) is 10.7. The Bertz CT molecular complexity index is 1510. The summed E-state index contributed by atoms with van der Waals surface area (Å²) in [5.74, 6) is -0.695. The van der Waals surface area contributed by atoms with Crippen molar-refractivity contribution in [3.05, 3.63) is 89.0 Å². The summed E-state index contributed by atoms with van der Waals surface area (Å²) >= 11 is 0. The summed E-state index contributed by atoms with van der Waals surface area (Å²) in [5.41, 5.74) is 6.21. The molecule has 3 aromatic rings. The summed E-state index contributed by atoms with van der Waals surface area (Å²) in [6, 6.07) is 20.7. The van der Waals surface area contributed by atoms with Crippen LogP contribution in [0.1, 0.15) is 34.0 Å². The topological polar surface area (TPSA) is 94.2 Å². The van der Waals surface area contributed by atoms with Crippen LogP contribution in [0, 0.1) is 0 Å². The molecule has 1 fully saturated rings. The lowest BCUT2D eigenvalue weighted by Gasteiger charge is -2.32. The maximum absolute atomic E-state index is 13.3. The molecule has 2 aliphatic heterocycles. The van der Waals surface area contributed by atoms with Crippen LogP contribution in [0.3, 0.4) is 0 Å². The van der Waals surface area contributed by atoms with E-state index in [0.29, 0.717) is 34.6 Å². The fourth-order valence-electron chi connectivity index (χ4n) is 5.21. The molecule has 2 aliphatic rings. The molecule has 2 heterocycles. The third-order valence-corrected chi connectivity index (χ3v) is 7.94. The van der Waals surface area contributed by atoms with Crippen LogP contribution in [-0.2, 0) is 20.7 Å². The zero-order chi connectivity index (χ0) is 29.8. The number of carbonyl (C=O) groups excluding carboxylic acids is 3. The maximum Gasteiger partial charge on any atom is 0.337 e. The van der Waals surface area contributed by atoms with Gasteiger partial charge < -0.3 is 25.2 Å². The van der Waals surface area contributed by atoms with E-state index in [2.05, 4.69) is 34.4 Å². The number of fused-ring (bicyclic) bond motifs is 1. The fraction of sp³-hybridized carbons (Fsp3) is 0.303. The van der Waals surface area contributed by atoms with Gasteiger partial charge in [0.1, 0.15) is 0 Å². The minimum Gasteiger partial charge on any atom is -0.465 e. The van der Waals surface area contributed by atoms with Crippen LogP contribution in [0.15, 0.2) is 66.7 Å². The number of hydrogen-bond donors (Lipinski definition) is 2. The summed E-state index contributed by atoms with van der Waals surface area (Å²) < 4.78 is 4.91. The summed E-state index contributed by atoms with van der Waals surface area (Å²) in [4.78, 5) is 44.7. The monoisotopic (exact) mass is 567 g/mol. The molecule has 1 saturated heterocycles. The Hall–Kier alpha value is -4.47. The molecule has 5 rings (SSSR count). The van der Waals surface area contributed by atoms with Crippen molar-refractivity contribution in [3.8, 4) is 0 Å². The number of piperazine rings is 1. The standard InChI is InChI=1S/C33H37N5O4/c1-5-22-6-8-23(9-7-22)31(30-27-20-24(33(41)42-4)10-15-28(27)35-32(30)40)34-25-11-13-26(14-12-25)37(3)29(39)21-38-18-16-36(2)17-19-38/h6-15,20,34H,5,16-19,21H2,1-4H3,(H,35,40)/b31-30-. The summed E-state index contributed by atoms with van der Waals surface area (Å²) in [6.45, 7) is 6.17. The molecule has 0 radical (unpaired) electrons. The highest BCUT2D eigenvalue weighted by molar-refractivity contribution is 6.37. The van der Waals surface area contributed by atoms with Gasteiger partial charge in [-0.05, 0) is 67.1 Å². The van der Waals surface area contributed by atoms with Gasteiger partial charge in [0.2, 0.25) is 5.91 Å². The molecule has 9 nitrogen and oxygen atoms in total. The van der Waals surface area contributed by atoms with Crippen molar-refractivity contribution in [2.24, 2.45) is 0 Å². The van der Waals surface area contributed by atoms with Crippen LogP contribution in [0.2, 0.25) is 0 Å². The minimum absolute atomic E-state index is 0.0414. The molecule has 0 unspecified atom stereocenters. The Morgan fingerprint density at radius 2 is 1.62 bits per heavy atom.